The molecule has 0 spiro atoms. The second-order valence-electron chi connectivity index (χ2n) is 4.93. The van der Waals surface area contributed by atoms with Crippen LogP contribution in [0.2, 0.25) is 0 Å². The summed E-state index contributed by atoms with van der Waals surface area (Å²) in [4.78, 5) is 16.5. The minimum absolute atomic E-state index is 0.103. The number of hydrogen-bond acceptors (Lipinski definition) is 3. The first-order valence-electron chi connectivity index (χ1n) is 5.92. The van der Waals surface area contributed by atoms with Crippen LogP contribution in [0, 0.1) is 5.92 Å². The first-order valence-corrected chi connectivity index (χ1v) is 5.92. The van der Waals surface area contributed by atoms with E-state index in [0.717, 1.165) is 39.3 Å². The van der Waals surface area contributed by atoms with Gasteiger partial charge in [0.15, 0.2) is 0 Å². The van der Waals surface area contributed by atoms with Crippen molar-refractivity contribution in [2.75, 3.05) is 39.3 Å². The Kier molecular flexibility index (Phi) is 3.26. The highest BCUT2D eigenvalue weighted by molar-refractivity contribution is 5.83. The molecule has 0 aromatic carbocycles. The number of nitrogens with zero attached hydrogens (tertiary/aromatic N) is 2. The molecule has 1 unspecified atom stereocenters. The molecule has 2 aliphatic heterocycles. The molecule has 4 nitrogen and oxygen atoms in total. The van der Waals surface area contributed by atoms with Crippen LogP contribution in [0.25, 0.3) is 0 Å². The molecule has 86 valence electrons. The molecule has 2 aliphatic rings. The van der Waals surface area contributed by atoms with Crippen LogP contribution < -0.4 is 5.32 Å². The van der Waals surface area contributed by atoms with Crippen LogP contribution in [-0.4, -0.2) is 61.0 Å². The molecule has 1 N–H and O–H groups in total. The summed E-state index contributed by atoms with van der Waals surface area (Å²) in [5, 5.41) is 3.30. The molecule has 4 heteroatoms. The summed E-state index contributed by atoms with van der Waals surface area (Å²) in [5.41, 5.74) is 0. The molecule has 0 saturated carbocycles. The highest BCUT2D eigenvalue weighted by Gasteiger charge is 2.35. The lowest BCUT2D eigenvalue weighted by atomic mass is 10.1. The Bertz CT molecular complexity index is 242. The SMILES string of the molecule is CC(C)CN1CCN2CCNCC2C1=O. The van der Waals surface area contributed by atoms with Crippen LogP contribution in [-0.2, 0) is 4.79 Å². The van der Waals surface area contributed by atoms with E-state index in [2.05, 4.69) is 24.1 Å². The number of nitrogens with one attached hydrogen (secondary N) is 1. The number of amides is 1. The molecule has 1 amide bonds. The van der Waals surface area contributed by atoms with Crippen molar-refractivity contribution in [1.29, 1.82) is 0 Å². The monoisotopic (exact) mass is 211 g/mol. The second-order valence-corrected chi connectivity index (χ2v) is 4.93. The smallest absolute Gasteiger partial charge is 0.241 e. The molecular weight excluding hydrogens is 190 g/mol. The van der Waals surface area contributed by atoms with E-state index in [1.165, 1.54) is 0 Å². The normalized spacial score (nSPS) is 28.3. The lowest BCUT2D eigenvalue weighted by Gasteiger charge is -2.43. The first kappa shape index (κ1) is 10.9. The second kappa shape index (κ2) is 4.49. The highest BCUT2D eigenvalue weighted by Crippen LogP contribution is 2.14. The fraction of sp³-hybridized carbons (Fsp3) is 0.909. The summed E-state index contributed by atoms with van der Waals surface area (Å²) < 4.78 is 0. The summed E-state index contributed by atoms with van der Waals surface area (Å²) >= 11 is 0. The van der Waals surface area contributed by atoms with Gasteiger partial charge in [-0.25, -0.2) is 0 Å². The predicted octanol–water partition coefficient (Wildman–Crippen LogP) is -0.242. The summed E-state index contributed by atoms with van der Waals surface area (Å²) in [6, 6.07) is 0.103. The third kappa shape index (κ3) is 2.32. The van der Waals surface area contributed by atoms with Crippen LogP contribution in [0.5, 0.6) is 0 Å². The van der Waals surface area contributed by atoms with Crippen molar-refractivity contribution < 1.29 is 4.79 Å². The van der Waals surface area contributed by atoms with Gasteiger partial charge in [-0.2, -0.15) is 0 Å². The van der Waals surface area contributed by atoms with Gasteiger partial charge in [0.05, 0.1) is 0 Å². The minimum Gasteiger partial charge on any atom is -0.340 e. The summed E-state index contributed by atoms with van der Waals surface area (Å²) in [6.07, 6.45) is 0. The molecule has 0 aliphatic carbocycles. The maximum absolute atomic E-state index is 12.1. The molecule has 2 saturated heterocycles. The number of carbonyl (C=O) groups is 1. The molecule has 2 rings (SSSR count). The topological polar surface area (TPSA) is 35.6 Å². The molecule has 0 aromatic heterocycles. The molecule has 15 heavy (non-hydrogen) atoms. The summed E-state index contributed by atoms with van der Waals surface area (Å²) in [6.45, 7) is 10.1. The average Bonchev–Trinajstić information content (AvgIpc) is 2.22. The maximum Gasteiger partial charge on any atom is 0.241 e. The van der Waals surface area contributed by atoms with E-state index in [-0.39, 0.29) is 6.04 Å². The van der Waals surface area contributed by atoms with E-state index in [9.17, 15) is 4.79 Å². The van der Waals surface area contributed by atoms with Crippen molar-refractivity contribution in [3.05, 3.63) is 0 Å². The fourth-order valence-electron chi connectivity index (χ4n) is 2.45. The minimum atomic E-state index is 0.103. The standard InChI is InChI=1S/C11H21N3O/c1-9(2)8-14-6-5-13-4-3-12-7-10(13)11(14)15/h9-10,12H,3-8H2,1-2H3. The largest absolute Gasteiger partial charge is 0.340 e. The van der Waals surface area contributed by atoms with E-state index < -0.39 is 0 Å². The lowest BCUT2D eigenvalue weighted by molar-refractivity contribution is -0.143. The van der Waals surface area contributed by atoms with Crippen molar-refractivity contribution in [2.45, 2.75) is 19.9 Å². The zero-order valence-electron chi connectivity index (χ0n) is 9.70. The van der Waals surface area contributed by atoms with Crippen LogP contribution in [0.1, 0.15) is 13.8 Å². The zero-order chi connectivity index (χ0) is 10.8. The molecule has 1 atom stereocenters. The Morgan fingerprint density at radius 1 is 1.40 bits per heavy atom. The third-order valence-electron chi connectivity index (χ3n) is 3.19. The van der Waals surface area contributed by atoms with Crippen LogP contribution in [0.3, 0.4) is 0 Å². The van der Waals surface area contributed by atoms with Crippen LogP contribution in [0.15, 0.2) is 0 Å². The zero-order valence-corrected chi connectivity index (χ0v) is 9.70. The molecule has 2 fully saturated rings. The molecular formula is C11H21N3O. The number of fused-ring (bicyclic) bond motifs is 1. The highest BCUT2D eigenvalue weighted by atomic mass is 16.2. The Morgan fingerprint density at radius 2 is 2.20 bits per heavy atom. The number of hydrogen-bond donors (Lipinski definition) is 1. The lowest BCUT2D eigenvalue weighted by Crippen LogP contribution is -2.64. The van der Waals surface area contributed by atoms with Crippen molar-refractivity contribution in [2.24, 2.45) is 5.92 Å². The predicted molar refractivity (Wildman–Crippen MR) is 59.6 cm³/mol. The average molecular weight is 211 g/mol. The van der Waals surface area contributed by atoms with Gasteiger partial charge in [0.2, 0.25) is 5.91 Å². The van der Waals surface area contributed by atoms with Crippen molar-refractivity contribution in [3.8, 4) is 0 Å². The Labute approximate surface area is 91.6 Å². The molecule has 0 aromatic rings. The van der Waals surface area contributed by atoms with Gasteiger partial charge in [-0.1, -0.05) is 13.8 Å². The molecule has 0 radical (unpaired) electrons. The maximum atomic E-state index is 12.1. The van der Waals surface area contributed by atoms with Crippen LogP contribution >= 0.6 is 0 Å². The van der Waals surface area contributed by atoms with Gasteiger partial charge in [-0.3, -0.25) is 9.69 Å². The van der Waals surface area contributed by atoms with Gasteiger partial charge in [0.25, 0.3) is 0 Å². The van der Waals surface area contributed by atoms with E-state index >= 15 is 0 Å². The van der Waals surface area contributed by atoms with Crippen molar-refractivity contribution in [1.82, 2.24) is 15.1 Å². The van der Waals surface area contributed by atoms with E-state index in [1.807, 2.05) is 4.90 Å². The van der Waals surface area contributed by atoms with Crippen LogP contribution in [0.4, 0.5) is 0 Å². The van der Waals surface area contributed by atoms with E-state index in [1.54, 1.807) is 0 Å². The fourth-order valence-corrected chi connectivity index (χ4v) is 2.45. The van der Waals surface area contributed by atoms with E-state index in [0.29, 0.717) is 11.8 Å². The van der Waals surface area contributed by atoms with Gasteiger partial charge >= 0.3 is 0 Å². The summed E-state index contributed by atoms with van der Waals surface area (Å²) in [5.74, 6) is 0.888. The van der Waals surface area contributed by atoms with E-state index in [4.69, 9.17) is 0 Å². The van der Waals surface area contributed by atoms with Gasteiger partial charge in [0.1, 0.15) is 6.04 Å². The first-order chi connectivity index (χ1) is 7.18. The Morgan fingerprint density at radius 3 is 2.93 bits per heavy atom. The Balaban J connectivity index is 1.98. The molecule has 2 heterocycles. The molecule has 0 bridgehead atoms. The van der Waals surface area contributed by atoms with Crippen molar-refractivity contribution >= 4 is 5.91 Å². The number of rotatable bonds is 2. The Hall–Kier alpha value is -0.610. The van der Waals surface area contributed by atoms with Crippen molar-refractivity contribution in [3.63, 3.8) is 0 Å². The quantitative estimate of drug-likeness (QED) is 0.684. The number of piperazine rings is 2. The number of carbonyl (C=O) groups excluding carboxylic acids is 1. The van der Waals surface area contributed by atoms with Gasteiger partial charge in [0, 0.05) is 39.3 Å². The van der Waals surface area contributed by atoms with Gasteiger partial charge < -0.3 is 10.2 Å². The third-order valence-corrected chi connectivity index (χ3v) is 3.19. The summed E-state index contributed by atoms with van der Waals surface area (Å²) in [7, 11) is 0. The van der Waals surface area contributed by atoms with Gasteiger partial charge in [-0.15, -0.1) is 0 Å². The van der Waals surface area contributed by atoms with Gasteiger partial charge in [-0.05, 0) is 5.92 Å².